The van der Waals surface area contributed by atoms with E-state index < -0.39 is 0 Å². The van der Waals surface area contributed by atoms with Crippen LogP contribution in [-0.2, 0) is 6.54 Å². The lowest BCUT2D eigenvalue weighted by molar-refractivity contribution is 0.414. The second kappa shape index (κ2) is 6.42. The van der Waals surface area contributed by atoms with Gasteiger partial charge in [-0.15, -0.1) is 0 Å². The monoisotopic (exact) mass is 334 g/mol. The van der Waals surface area contributed by atoms with E-state index in [1.807, 2.05) is 17.6 Å². The van der Waals surface area contributed by atoms with E-state index in [9.17, 15) is 4.39 Å². The van der Waals surface area contributed by atoms with E-state index in [-0.39, 0.29) is 5.82 Å². The van der Waals surface area contributed by atoms with Crippen molar-refractivity contribution in [3.05, 3.63) is 47.1 Å². The summed E-state index contributed by atoms with van der Waals surface area (Å²) in [5.74, 6) is 0.866. The van der Waals surface area contributed by atoms with E-state index in [1.165, 1.54) is 6.07 Å². The Morgan fingerprint density at radius 2 is 2.17 bits per heavy atom. The SMILES string of the molecule is COc1c(C)n(CCNc2nccc(Cl)n2)c2c(F)cccc12. The lowest BCUT2D eigenvalue weighted by Crippen LogP contribution is -2.13. The first-order valence-corrected chi connectivity index (χ1v) is 7.53. The lowest BCUT2D eigenvalue weighted by Gasteiger charge is -2.10. The molecular weight excluding hydrogens is 319 g/mol. The Labute approximate surface area is 138 Å². The molecule has 7 heteroatoms. The van der Waals surface area contributed by atoms with Gasteiger partial charge in [-0.1, -0.05) is 17.7 Å². The van der Waals surface area contributed by atoms with E-state index in [2.05, 4.69) is 15.3 Å². The van der Waals surface area contributed by atoms with Gasteiger partial charge in [0.1, 0.15) is 16.7 Å². The average molecular weight is 335 g/mol. The zero-order valence-corrected chi connectivity index (χ0v) is 13.6. The minimum Gasteiger partial charge on any atom is -0.494 e. The lowest BCUT2D eigenvalue weighted by atomic mass is 10.2. The Bertz CT molecular complexity index is 849. The number of nitrogens with zero attached hydrogens (tertiary/aromatic N) is 3. The van der Waals surface area contributed by atoms with Crippen molar-refractivity contribution in [1.82, 2.24) is 14.5 Å². The summed E-state index contributed by atoms with van der Waals surface area (Å²) in [6.45, 7) is 2.99. The highest BCUT2D eigenvalue weighted by atomic mass is 35.5. The van der Waals surface area contributed by atoms with Crippen molar-refractivity contribution in [1.29, 1.82) is 0 Å². The summed E-state index contributed by atoms with van der Waals surface area (Å²) in [6.07, 6.45) is 1.58. The van der Waals surface area contributed by atoms with Gasteiger partial charge in [0.15, 0.2) is 0 Å². The molecule has 0 atom stereocenters. The summed E-state index contributed by atoms with van der Waals surface area (Å²) >= 11 is 5.82. The maximum absolute atomic E-state index is 14.2. The molecule has 0 aliphatic heterocycles. The summed E-state index contributed by atoms with van der Waals surface area (Å²) in [4.78, 5) is 8.14. The number of aromatic nitrogens is 3. The third-order valence-electron chi connectivity index (χ3n) is 3.68. The zero-order chi connectivity index (χ0) is 16.4. The van der Waals surface area contributed by atoms with Crippen LogP contribution in [0.2, 0.25) is 5.15 Å². The van der Waals surface area contributed by atoms with Crippen molar-refractivity contribution in [2.75, 3.05) is 19.0 Å². The van der Waals surface area contributed by atoms with Crippen LogP contribution >= 0.6 is 11.6 Å². The Hall–Kier alpha value is -2.34. The van der Waals surface area contributed by atoms with Crippen molar-refractivity contribution in [3.63, 3.8) is 0 Å². The maximum Gasteiger partial charge on any atom is 0.224 e. The first-order valence-electron chi connectivity index (χ1n) is 7.15. The maximum atomic E-state index is 14.2. The van der Waals surface area contributed by atoms with Crippen molar-refractivity contribution in [2.45, 2.75) is 13.5 Å². The number of nitrogens with one attached hydrogen (secondary N) is 1. The fourth-order valence-corrected chi connectivity index (χ4v) is 2.83. The molecule has 0 radical (unpaired) electrons. The number of hydrogen-bond acceptors (Lipinski definition) is 4. The van der Waals surface area contributed by atoms with Crippen LogP contribution in [0.25, 0.3) is 10.9 Å². The summed E-state index contributed by atoms with van der Waals surface area (Å²) < 4.78 is 21.6. The topological polar surface area (TPSA) is 52.0 Å². The number of ether oxygens (including phenoxy) is 1. The molecule has 2 heterocycles. The van der Waals surface area contributed by atoms with Crippen molar-refractivity contribution < 1.29 is 9.13 Å². The largest absolute Gasteiger partial charge is 0.494 e. The highest BCUT2D eigenvalue weighted by Gasteiger charge is 2.17. The van der Waals surface area contributed by atoms with Crippen molar-refractivity contribution in [2.24, 2.45) is 0 Å². The summed E-state index contributed by atoms with van der Waals surface area (Å²) in [7, 11) is 1.59. The predicted molar refractivity (Wildman–Crippen MR) is 88.7 cm³/mol. The molecule has 0 bridgehead atoms. The van der Waals surface area contributed by atoms with Gasteiger partial charge in [0.05, 0.1) is 18.3 Å². The molecule has 0 aliphatic carbocycles. The van der Waals surface area contributed by atoms with Crippen LogP contribution in [0.4, 0.5) is 10.3 Å². The van der Waals surface area contributed by atoms with E-state index in [0.29, 0.717) is 35.5 Å². The summed E-state index contributed by atoms with van der Waals surface area (Å²) in [5, 5.41) is 4.22. The van der Waals surface area contributed by atoms with Crippen LogP contribution in [0.5, 0.6) is 5.75 Å². The molecule has 3 aromatic rings. The molecule has 3 rings (SSSR count). The van der Waals surface area contributed by atoms with Gasteiger partial charge in [-0.05, 0) is 25.1 Å². The molecule has 1 N–H and O–H groups in total. The highest BCUT2D eigenvalue weighted by Crippen LogP contribution is 2.33. The first kappa shape index (κ1) is 15.6. The van der Waals surface area contributed by atoms with Crippen molar-refractivity contribution >= 4 is 28.5 Å². The number of methoxy groups -OCH3 is 1. The molecule has 0 saturated heterocycles. The second-order valence-corrected chi connectivity index (χ2v) is 5.42. The number of rotatable bonds is 5. The smallest absolute Gasteiger partial charge is 0.224 e. The fourth-order valence-electron chi connectivity index (χ4n) is 2.70. The number of hydrogen-bond donors (Lipinski definition) is 1. The van der Waals surface area contributed by atoms with E-state index >= 15 is 0 Å². The number of para-hydroxylation sites is 1. The molecule has 23 heavy (non-hydrogen) atoms. The van der Waals surface area contributed by atoms with Crippen LogP contribution in [0.15, 0.2) is 30.5 Å². The molecule has 5 nitrogen and oxygen atoms in total. The molecule has 0 aliphatic rings. The Balaban J connectivity index is 1.87. The van der Waals surface area contributed by atoms with Crippen LogP contribution < -0.4 is 10.1 Å². The third-order valence-corrected chi connectivity index (χ3v) is 3.89. The van der Waals surface area contributed by atoms with Gasteiger partial charge in [0, 0.05) is 24.7 Å². The molecule has 0 unspecified atom stereocenters. The van der Waals surface area contributed by atoms with Gasteiger partial charge in [0.25, 0.3) is 0 Å². The van der Waals surface area contributed by atoms with Crippen LogP contribution in [0.3, 0.4) is 0 Å². The molecule has 0 saturated carbocycles. The van der Waals surface area contributed by atoms with Gasteiger partial charge < -0.3 is 14.6 Å². The van der Waals surface area contributed by atoms with Crippen LogP contribution in [0, 0.1) is 12.7 Å². The normalized spacial score (nSPS) is 11.0. The minimum absolute atomic E-state index is 0.270. The number of fused-ring (bicyclic) bond motifs is 1. The molecule has 0 fully saturated rings. The van der Waals surface area contributed by atoms with E-state index in [4.69, 9.17) is 16.3 Å². The van der Waals surface area contributed by atoms with Crippen LogP contribution in [-0.4, -0.2) is 28.2 Å². The summed E-state index contributed by atoms with van der Waals surface area (Å²) in [5.41, 5.74) is 1.41. The van der Waals surface area contributed by atoms with Crippen molar-refractivity contribution in [3.8, 4) is 5.75 Å². The van der Waals surface area contributed by atoms with Gasteiger partial charge in [0.2, 0.25) is 5.95 Å². The van der Waals surface area contributed by atoms with Gasteiger partial charge in [-0.25, -0.2) is 14.4 Å². The molecule has 120 valence electrons. The number of anilines is 1. The summed E-state index contributed by atoms with van der Waals surface area (Å²) in [6, 6.07) is 6.60. The molecule has 0 amide bonds. The Morgan fingerprint density at radius 3 is 2.91 bits per heavy atom. The third kappa shape index (κ3) is 2.94. The number of halogens is 2. The highest BCUT2D eigenvalue weighted by molar-refractivity contribution is 6.29. The Morgan fingerprint density at radius 1 is 1.35 bits per heavy atom. The van der Waals surface area contributed by atoms with E-state index in [1.54, 1.807) is 25.4 Å². The standard InChI is InChI=1S/C16H16ClFN4O/c1-10-15(23-2)11-4-3-5-12(18)14(11)22(10)9-8-20-16-19-7-6-13(17)21-16/h3-7H,8-9H2,1-2H3,(H,19,20,21). The second-order valence-electron chi connectivity index (χ2n) is 5.04. The average Bonchev–Trinajstić information content (AvgIpc) is 2.80. The van der Waals surface area contributed by atoms with Gasteiger partial charge >= 0.3 is 0 Å². The predicted octanol–water partition coefficient (Wildman–Crippen LogP) is 3.65. The quantitative estimate of drug-likeness (QED) is 0.724. The zero-order valence-electron chi connectivity index (χ0n) is 12.8. The fraction of sp³-hybridized carbons (Fsp3) is 0.250. The van der Waals surface area contributed by atoms with Crippen LogP contribution in [0.1, 0.15) is 5.69 Å². The molecular formula is C16H16ClFN4O. The Kier molecular flexibility index (Phi) is 4.34. The van der Waals surface area contributed by atoms with Gasteiger partial charge in [-0.2, -0.15) is 0 Å². The molecule has 1 aromatic carbocycles. The first-order chi connectivity index (χ1) is 11.1. The minimum atomic E-state index is -0.270. The van der Waals surface area contributed by atoms with E-state index in [0.717, 1.165) is 11.1 Å². The molecule has 2 aromatic heterocycles. The van der Waals surface area contributed by atoms with Gasteiger partial charge in [-0.3, -0.25) is 0 Å². The number of benzene rings is 1. The molecule has 0 spiro atoms.